The van der Waals surface area contributed by atoms with Gasteiger partial charge in [0.1, 0.15) is 11.5 Å². The van der Waals surface area contributed by atoms with Crippen molar-refractivity contribution in [3.63, 3.8) is 0 Å². The van der Waals surface area contributed by atoms with Crippen LogP contribution in [0.2, 0.25) is 0 Å². The normalized spacial score (nSPS) is 22.2. The Balaban J connectivity index is 1.92. The van der Waals surface area contributed by atoms with Crippen molar-refractivity contribution in [3.05, 3.63) is 59.2 Å². The number of β-amino-alcohol motifs (C(OH)–C–C–N with tert-alkyl or cyclic N) is 1. The number of halogens is 1. The van der Waals surface area contributed by atoms with Crippen LogP contribution in [0.25, 0.3) is 6.08 Å². The lowest BCUT2D eigenvalue weighted by Gasteiger charge is -2.47. The quantitative estimate of drug-likeness (QED) is 0.800. The fraction of sp³-hybridized carbons (Fsp3) is 0.333. The monoisotopic (exact) mass is 371 g/mol. The second-order valence-corrected chi connectivity index (χ2v) is 7.57. The Labute approximate surface area is 158 Å². The summed E-state index contributed by atoms with van der Waals surface area (Å²) in [6.45, 7) is 4.78. The van der Waals surface area contributed by atoms with E-state index in [-0.39, 0.29) is 23.7 Å². The van der Waals surface area contributed by atoms with Crippen LogP contribution in [-0.4, -0.2) is 29.1 Å². The van der Waals surface area contributed by atoms with Crippen molar-refractivity contribution < 1.29 is 14.9 Å². The van der Waals surface area contributed by atoms with Gasteiger partial charge in [-0.1, -0.05) is 18.2 Å². The Morgan fingerprint density at radius 1 is 1.19 bits per heavy atom. The van der Waals surface area contributed by atoms with Gasteiger partial charge in [-0.25, -0.2) is 0 Å². The Kier molecular flexibility index (Phi) is 3.94. The van der Waals surface area contributed by atoms with E-state index in [0.29, 0.717) is 12.3 Å². The van der Waals surface area contributed by atoms with Gasteiger partial charge in [0.2, 0.25) is 5.72 Å². The average molecular weight is 372 g/mol. The van der Waals surface area contributed by atoms with Gasteiger partial charge in [0.25, 0.3) is 0 Å². The standard InChI is InChI=1S/C21H22ClNO3/c1-20(2)17-5-3-4-6-18(17)23(9-10-24)21(20)8-7-14-11-16(25)12-15(13-22)19(14)26-21/h3-8,11-12,24-25H,9-10,13H2,1-2H3. The van der Waals surface area contributed by atoms with E-state index in [4.69, 9.17) is 16.3 Å². The number of aliphatic hydroxyl groups excluding tert-OH is 1. The molecule has 4 rings (SSSR count). The van der Waals surface area contributed by atoms with E-state index in [1.165, 1.54) is 5.56 Å². The number of nitrogens with zero attached hydrogens (tertiary/aromatic N) is 1. The molecule has 0 aromatic heterocycles. The van der Waals surface area contributed by atoms with Crippen molar-refractivity contribution in [1.29, 1.82) is 0 Å². The summed E-state index contributed by atoms with van der Waals surface area (Å²) >= 11 is 6.12. The fourth-order valence-electron chi connectivity index (χ4n) is 4.25. The molecule has 0 saturated carbocycles. The lowest BCUT2D eigenvalue weighted by Crippen LogP contribution is -2.60. The van der Waals surface area contributed by atoms with E-state index in [1.807, 2.05) is 24.3 Å². The van der Waals surface area contributed by atoms with Crippen LogP contribution in [0, 0.1) is 0 Å². The minimum absolute atomic E-state index is 0.0220. The van der Waals surface area contributed by atoms with Crippen molar-refractivity contribution in [2.75, 3.05) is 18.1 Å². The maximum absolute atomic E-state index is 9.95. The smallest absolute Gasteiger partial charge is 0.212 e. The molecule has 2 aliphatic heterocycles. The second kappa shape index (κ2) is 5.93. The molecule has 2 N–H and O–H groups in total. The third kappa shape index (κ3) is 2.19. The molecule has 1 atom stereocenters. The summed E-state index contributed by atoms with van der Waals surface area (Å²) in [5.74, 6) is 1.10. The molecule has 2 aliphatic rings. The number of anilines is 1. The zero-order valence-corrected chi connectivity index (χ0v) is 15.6. The number of hydrogen-bond acceptors (Lipinski definition) is 4. The Morgan fingerprint density at radius 3 is 2.69 bits per heavy atom. The van der Waals surface area contributed by atoms with Crippen LogP contribution in [0.1, 0.15) is 30.5 Å². The summed E-state index contributed by atoms with van der Waals surface area (Å²) in [5, 5.41) is 19.6. The van der Waals surface area contributed by atoms with Crippen LogP contribution < -0.4 is 9.64 Å². The van der Waals surface area contributed by atoms with Crippen molar-refractivity contribution in [1.82, 2.24) is 0 Å². The van der Waals surface area contributed by atoms with Crippen LogP contribution in [0.4, 0.5) is 5.69 Å². The number of fused-ring (bicyclic) bond motifs is 2. The van der Waals surface area contributed by atoms with E-state index < -0.39 is 5.72 Å². The summed E-state index contributed by atoms with van der Waals surface area (Å²) in [6.07, 6.45) is 4.01. The molecule has 2 aromatic carbocycles. The zero-order valence-electron chi connectivity index (χ0n) is 14.9. The van der Waals surface area contributed by atoms with Crippen molar-refractivity contribution in [3.8, 4) is 11.5 Å². The molecule has 26 heavy (non-hydrogen) atoms. The van der Waals surface area contributed by atoms with Gasteiger partial charge >= 0.3 is 0 Å². The van der Waals surface area contributed by atoms with E-state index in [0.717, 1.165) is 16.8 Å². The number of rotatable bonds is 3. The zero-order chi connectivity index (χ0) is 18.5. The predicted molar refractivity (Wildman–Crippen MR) is 104 cm³/mol. The van der Waals surface area contributed by atoms with Gasteiger partial charge in [0, 0.05) is 23.4 Å². The summed E-state index contributed by atoms with van der Waals surface area (Å²) in [5.41, 5.74) is 2.67. The molecular formula is C21H22ClNO3. The molecule has 1 spiro atoms. The molecule has 1 unspecified atom stereocenters. The lowest BCUT2D eigenvalue weighted by atomic mass is 9.76. The first-order valence-corrected chi connectivity index (χ1v) is 9.26. The van der Waals surface area contributed by atoms with Gasteiger partial charge in [-0.2, -0.15) is 0 Å². The average Bonchev–Trinajstić information content (AvgIpc) is 2.81. The maximum atomic E-state index is 9.95. The SMILES string of the molecule is CC1(C)c2ccccc2N(CCO)C12C=Cc1cc(O)cc(CCl)c1O2. The molecule has 5 heteroatoms. The summed E-state index contributed by atoms with van der Waals surface area (Å²) in [4.78, 5) is 2.12. The molecule has 2 aromatic rings. The first-order chi connectivity index (χ1) is 12.4. The largest absolute Gasteiger partial charge is 0.508 e. The van der Waals surface area contributed by atoms with Crippen LogP contribution in [0.15, 0.2) is 42.5 Å². The van der Waals surface area contributed by atoms with Crippen LogP contribution in [-0.2, 0) is 11.3 Å². The van der Waals surface area contributed by atoms with Gasteiger partial charge in [0.05, 0.1) is 17.9 Å². The second-order valence-electron chi connectivity index (χ2n) is 7.31. The van der Waals surface area contributed by atoms with Crippen molar-refractivity contribution in [2.45, 2.75) is 30.9 Å². The molecule has 0 aliphatic carbocycles. The number of aromatic hydroxyl groups is 1. The first kappa shape index (κ1) is 17.3. The summed E-state index contributed by atoms with van der Waals surface area (Å²) in [6, 6.07) is 11.5. The topological polar surface area (TPSA) is 52.9 Å². The van der Waals surface area contributed by atoms with E-state index >= 15 is 0 Å². The van der Waals surface area contributed by atoms with Crippen LogP contribution in [0.3, 0.4) is 0 Å². The number of ether oxygens (including phenoxy) is 1. The number of aliphatic hydroxyl groups is 1. The predicted octanol–water partition coefficient (Wildman–Crippen LogP) is 4.02. The van der Waals surface area contributed by atoms with E-state index in [2.05, 4.69) is 30.9 Å². The highest BCUT2D eigenvalue weighted by molar-refractivity contribution is 6.17. The molecule has 136 valence electrons. The highest BCUT2D eigenvalue weighted by atomic mass is 35.5. The molecule has 0 bridgehead atoms. The fourth-order valence-corrected chi connectivity index (χ4v) is 4.45. The third-order valence-electron chi connectivity index (χ3n) is 5.56. The molecule has 0 amide bonds. The van der Waals surface area contributed by atoms with Gasteiger partial charge in [0.15, 0.2) is 0 Å². The molecule has 0 saturated heterocycles. The maximum Gasteiger partial charge on any atom is 0.212 e. The van der Waals surface area contributed by atoms with Gasteiger partial charge in [-0.3, -0.25) is 0 Å². The number of phenols is 1. The Bertz CT molecular complexity index is 893. The number of alkyl halides is 1. The van der Waals surface area contributed by atoms with Crippen LogP contribution in [0.5, 0.6) is 11.5 Å². The Morgan fingerprint density at radius 2 is 1.96 bits per heavy atom. The highest BCUT2D eigenvalue weighted by Crippen LogP contribution is 2.55. The molecular weight excluding hydrogens is 350 g/mol. The van der Waals surface area contributed by atoms with E-state index in [1.54, 1.807) is 12.1 Å². The van der Waals surface area contributed by atoms with Gasteiger partial charge in [-0.05, 0) is 49.8 Å². The number of hydrogen-bond donors (Lipinski definition) is 2. The first-order valence-electron chi connectivity index (χ1n) is 8.73. The molecule has 2 heterocycles. The lowest BCUT2D eigenvalue weighted by molar-refractivity contribution is 0.0496. The molecule has 4 nitrogen and oxygen atoms in total. The number of para-hydroxylation sites is 1. The summed E-state index contributed by atoms with van der Waals surface area (Å²) in [7, 11) is 0. The number of phenolic OH excluding ortho intramolecular Hbond substituents is 1. The Hall–Kier alpha value is -2.17. The van der Waals surface area contributed by atoms with E-state index in [9.17, 15) is 10.2 Å². The minimum Gasteiger partial charge on any atom is -0.508 e. The highest BCUT2D eigenvalue weighted by Gasteiger charge is 2.58. The summed E-state index contributed by atoms with van der Waals surface area (Å²) < 4.78 is 6.65. The van der Waals surface area contributed by atoms with Crippen LogP contribution >= 0.6 is 11.6 Å². The number of benzene rings is 2. The van der Waals surface area contributed by atoms with Gasteiger partial charge < -0.3 is 19.8 Å². The molecule has 0 fully saturated rings. The van der Waals surface area contributed by atoms with Gasteiger partial charge in [-0.15, -0.1) is 11.6 Å². The minimum atomic E-state index is -0.774. The van der Waals surface area contributed by atoms with Crippen molar-refractivity contribution in [2.24, 2.45) is 0 Å². The molecule has 0 radical (unpaired) electrons. The third-order valence-corrected chi connectivity index (χ3v) is 5.85. The van der Waals surface area contributed by atoms with Crippen molar-refractivity contribution >= 4 is 23.4 Å².